The Bertz CT molecular complexity index is 788. The van der Waals surface area contributed by atoms with Crippen molar-refractivity contribution in [1.82, 2.24) is 14.5 Å². The first-order chi connectivity index (χ1) is 9.99. The molecule has 3 rings (SSSR count). The third-order valence-electron chi connectivity index (χ3n) is 3.69. The monoisotopic (exact) mass is 303 g/mol. The van der Waals surface area contributed by atoms with Gasteiger partial charge in [-0.1, -0.05) is 12.1 Å². The molecule has 2 unspecified atom stereocenters. The summed E-state index contributed by atoms with van der Waals surface area (Å²) >= 11 is 6.33. The van der Waals surface area contributed by atoms with E-state index in [4.69, 9.17) is 21.0 Å². The van der Waals surface area contributed by atoms with Crippen LogP contribution in [0, 0.1) is 13.8 Å². The summed E-state index contributed by atoms with van der Waals surface area (Å²) in [6.45, 7) is 7.94. The Labute approximate surface area is 128 Å². The predicted octanol–water partition coefficient (Wildman–Crippen LogP) is 4.55. The standard InChI is InChI=1S/C16H18ClN3O/c1-9-6-5-7-13-14(9)19-15(11(3)17)20(13)12(4)16-18-8-10(2)21-16/h5-8,11-12H,1-4H3. The summed E-state index contributed by atoms with van der Waals surface area (Å²) in [5, 5.41) is -0.185. The van der Waals surface area contributed by atoms with E-state index < -0.39 is 0 Å². The number of para-hydroxylation sites is 1. The molecule has 0 aliphatic carbocycles. The number of aromatic nitrogens is 3. The minimum Gasteiger partial charge on any atom is -0.444 e. The van der Waals surface area contributed by atoms with Gasteiger partial charge in [-0.15, -0.1) is 11.6 Å². The molecule has 0 aliphatic rings. The van der Waals surface area contributed by atoms with Crippen molar-refractivity contribution in [3.05, 3.63) is 47.4 Å². The van der Waals surface area contributed by atoms with Crippen LogP contribution in [0.4, 0.5) is 0 Å². The lowest BCUT2D eigenvalue weighted by molar-refractivity contribution is 0.414. The lowest BCUT2D eigenvalue weighted by Crippen LogP contribution is -2.11. The van der Waals surface area contributed by atoms with Gasteiger partial charge in [0.05, 0.1) is 22.6 Å². The van der Waals surface area contributed by atoms with Gasteiger partial charge in [-0.3, -0.25) is 0 Å². The summed E-state index contributed by atoms with van der Waals surface area (Å²) < 4.78 is 7.80. The highest BCUT2D eigenvalue weighted by molar-refractivity contribution is 6.20. The van der Waals surface area contributed by atoms with Crippen molar-refractivity contribution >= 4 is 22.6 Å². The predicted molar refractivity (Wildman–Crippen MR) is 83.8 cm³/mol. The normalized spacial score (nSPS) is 14.5. The summed E-state index contributed by atoms with van der Waals surface area (Å²) in [4.78, 5) is 9.07. The number of hydrogen-bond donors (Lipinski definition) is 0. The molecule has 0 saturated carbocycles. The molecule has 0 spiro atoms. The minimum absolute atomic E-state index is 0.0540. The van der Waals surface area contributed by atoms with Crippen LogP contribution in [0.1, 0.15) is 48.3 Å². The number of oxazole rings is 1. The average molecular weight is 304 g/mol. The van der Waals surface area contributed by atoms with Crippen molar-refractivity contribution in [2.24, 2.45) is 0 Å². The topological polar surface area (TPSA) is 43.9 Å². The molecule has 0 N–H and O–H groups in total. The van der Waals surface area contributed by atoms with E-state index in [2.05, 4.69) is 35.5 Å². The van der Waals surface area contributed by atoms with Gasteiger partial charge in [-0.2, -0.15) is 0 Å². The van der Waals surface area contributed by atoms with E-state index in [0.29, 0.717) is 5.89 Å². The van der Waals surface area contributed by atoms with Gasteiger partial charge in [0.2, 0.25) is 5.89 Å². The summed E-state index contributed by atoms with van der Waals surface area (Å²) in [6, 6.07) is 6.10. The Morgan fingerprint density at radius 1 is 1.24 bits per heavy atom. The number of fused-ring (bicyclic) bond motifs is 1. The van der Waals surface area contributed by atoms with Crippen molar-refractivity contribution < 1.29 is 4.42 Å². The largest absolute Gasteiger partial charge is 0.444 e. The van der Waals surface area contributed by atoms with Gasteiger partial charge >= 0.3 is 0 Å². The van der Waals surface area contributed by atoms with E-state index in [9.17, 15) is 0 Å². The molecule has 3 aromatic rings. The highest BCUT2D eigenvalue weighted by Crippen LogP contribution is 2.31. The number of hydrogen-bond acceptors (Lipinski definition) is 3. The Morgan fingerprint density at radius 2 is 2.00 bits per heavy atom. The number of alkyl halides is 1. The molecule has 21 heavy (non-hydrogen) atoms. The second-order valence-electron chi connectivity index (χ2n) is 5.38. The smallest absolute Gasteiger partial charge is 0.217 e. The second-order valence-corrected chi connectivity index (χ2v) is 6.04. The molecule has 0 aliphatic heterocycles. The first-order valence-electron chi connectivity index (χ1n) is 7.03. The Kier molecular flexibility index (Phi) is 3.49. The van der Waals surface area contributed by atoms with E-state index in [1.165, 1.54) is 0 Å². The molecule has 0 radical (unpaired) electrons. The maximum absolute atomic E-state index is 6.33. The van der Waals surface area contributed by atoms with Crippen LogP contribution in [0.3, 0.4) is 0 Å². The fraction of sp³-hybridized carbons (Fsp3) is 0.375. The Balaban J connectivity index is 2.24. The van der Waals surface area contributed by atoms with Crippen LogP contribution < -0.4 is 0 Å². The summed E-state index contributed by atoms with van der Waals surface area (Å²) in [7, 11) is 0. The van der Waals surface area contributed by atoms with Crippen LogP contribution in [0.25, 0.3) is 11.0 Å². The first kappa shape index (κ1) is 14.1. The number of rotatable bonds is 3. The molecule has 1 aromatic carbocycles. The Morgan fingerprint density at radius 3 is 2.62 bits per heavy atom. The van der Waals surface area contributed by atoms with Crippen molar-refractivity contribution in [3.8, 4) is 0 Å². The zero-order chi connectivity index (χ0) is 15.1. The van der Waals surface area contributed by atoms with Crippen LogP contribution >= 0.6 is 11.6 Å². The quantitative estimate of drug-likeness (QED) is 0.667. The third-order valence-corrected chi connectivity index (χ3v) is 3.88. The molecule has 0 fully saturated rings. The maximum Gasteiger partial charge on any atom is 0.217 e. The van der Waals surface area contributed by atoms with Crippen molar-refractivity contribution in [1.29, 1.82) is 0 Å². The van der Waals surface area contributed by atoms with Crippen molar-refractivity contribution in [3.63, 3.8) is 0 Å². The van der Waals surface area contributed by atoms with Gasteiger partial charge in [0.15, 0.2) is 0 Å². The SMILES string of the molecule is Cc1cnc(C(C)n2c(C(C)Cl)nc3c(C)cccc32)o1. The van der Waals surface area contributed by atoms with E-state index in [-0.39, 0.29) is 11.4 Å². The maximum atomic E-state index is 6.33. The molecular formula is C16H18ClN3O. The van der Waals surface area contributed by atoms with Gasteiger partial charge < -0.3 is 8.98 Å². The van der Waals surface area contributed by atoms with Gasteiger partial charge in [0.25, 0.3) is 0 Å². The molecule has 0 bridgehead atoms. The van der Waals surface area contributed by atoms with E-state index in [1.54, 1.807) is 6.20 Å². The molecule has 2 aromatic heterocycles. The summed E-state index contributed by atoms with van der Waals surface area (Å²) in [6.07, 6.45) is 1.74. The molecule has 5 heteroatoms. The molecular weight excluding hydrogens is 286 g/mol. The number of nitrogens with zero attached hydrogens (tertiary/aromatic N) is 3. The zero-order valence-electron chi connectivity index (χ0n) is 12.6. The third kappa shape index (κ3) is 2.33. The molecule has 0 saturated heterocycles. The van der Waals surface area contributed by atoms with Gasteiger partial charge in [-0.25, -0.2) is 9.97 Å². The summed E-state index contributed by atoms with van der Waals surface area (Å²) in [5.41, 5.74) is 3.18. The molecule has 0 amide bonds. The molecule has 110 valence electrons. The lowest BCUT2D eigenvalue weighted by atomic mass is 10.2. The second kappa shape index (κ2) is 5.19. The highest BCUT2D eigenvalue weighted by Gasteiger charge is 2.23. The van der Waals surface area contributed by atoms with Gasteiger partial charge in [0, 0.05) is 0 Å². The van der Waals surface area contributed by atoms with Crippen LogP contribution in [0.15, 0.2) is 28.8 Å². The van der Waals surface area contributed by atoms with E-state index in [0.717, 1.165) is 28.2 Å². The average Bonchev–Trinajstić information content (AvgIpc) is 3.02. The number of benzene rings is 1. The van der Waals surface area contributed by atoms with Gasteiger partial charge in [0.1, 0.15) is 17.6 Å². The van der Waals surface area contributed by atoms with E-state index >= 15 is 0 Å². The lowest BCUT2D eigenvalue weighted by Gasteiger charge is -2.15. The number of halogens is 1. The number of aryl methyl sites for hydroxylation is 2. The van der Waals surface area contributed by atoms with Crippen molar-refractivity contribution in [2.45, 2.75) is 39.1 Å². The van der Waals surface area contributed by atoms with Crippen LogP contribution in [-0.2, 0) is 0 Å². The zero-order valence-corrected chi connectivity index (χ0v) is 13.3. The van der Waals surface area contributed by atoms with Crippen molar-refractivity contribution in [2.75, 3.05) is 0 Å². The molecule has 2 atom stereocenters. The van der Waals surface area contributed by atoms with Crippen LogP contribution in [0.5, 0.6) is 0 Å². The minimum atomic E-state index is -0.185. The fourth-order valence-electron chi connectivity index (χ4n) is 2.64. The van der Waals surface area contributed by atoms with E-state index in [1.807, 2.05) is 19.9 Å². The fourth-order valence-corrected chi connectivity index (χ4v) is 2.79. The van der Waals surface area contributed by atoms with Crippen LogP contribution in [0.2, 0.25) is 0 Å². The van der Waals surface area contributed by atoms with Gasteiger partial charge in [-0.05, 0) is 39.3 Å². The Hall–Kier alpha value is -1.81. The highest BCUT2D eigenvalue weighted by atomic mass is 35.5. The first-order valence-corrected chi connectivity index (χ1v) is 7.46. The summed E-state index contributed by atoms with van der Waals surface area (Å²) in [5.74, 6) is 2.31. The number of imidazole rings is 1. The molecule has 2 heterocycles. The van der Waals surface area contributed by atoms with Crippen LogP contribution in [-0.4, -0.2) is 14.5 Å². The molecule has 4 nitrogen and oxygen atoms in total.